The summed E-state index contributed by atoms with van der Waals surface area (Å²) in [4.78, 5) is 10.8. The summed E-state index contributed by atoms with van der Waals surface area (Å²) in [5, 5.41) is 8.89. The van der Waals surface area contributed by atoms with Gasteiger partial charge in [0.1, 0.15) is 18.1 Å². The first kappa shape index (κ1) is 13.2. The minimum atomic E-state index is -0.993. The zero-order valence-corrected chi connectivity index (χ0v) is 12.2. The number of carboxylic acids is 1. The number of benzene rings is 1. The molecule has 1 N–H and O–H groups in total. The van der Waals surface area contributed by atoms with Crippen LogP contribution in [0.1, 0.15) is 16.1 Å². The monoisotopic (exact) mass is 374 g/mol. The fourth-order valence-corrected chi connectivity index (χ4v) is 2.03. The van der Waals surface area contributed by atoms with Gasteiger partial charge in [0.2, 0.25) is 0 Å². The van der Waals surface area contributed by atoms with E-state index in [0.29, 0.717) is 20.7 Å². The quantitative estimate of drug-likeness (QED) is 0.874. The normalized spacial score (nSPS) is 10.3. The van der Waals surface area contributed by atoms with E-state index in [-0.39, 0.29) is 12.2 Å². The van der Waals surface area contributed by atoms with Crippen molar-refractivity contribution in [2.45, 2.75) is 6.61 Å². The summed E-state index contributed by atoms with van der Waals surface area (Å²) >= 11 is 6.49. The standard InChI is InChI=1S/C12H8Br2O4/c13-9-3-1-7(12(15)16)5-10(9)17-6-8-2-4-11(14)18-8/h1-5H,6H2,(H,15,16). The zero-order valence-electron chi connectivity index (χ0n) is 9.02. The van der Waals surface area contributed by atoms with Crippen molar-refractivity contribution in [3.05, 3.63) is 50.8 Å². The summed E-state index contributed by atoms with van der Waals surface area (Å²) in [5.74, 6) is 0.116. The van der Waals surface area contributed by atoms with Gasteiger partial charge in [0.15, 0.2) is 4.67 Å². The highest BCUT2D eigenvalue weighted by molar-refractivity contribution is 9.10. The second-order valence-corrected chi connectivity index (χ2v) is 5.08. The molecule has 2 aromatic rings. The number of carboxylic acid groups (broad SMARTS) is 1. The molecular formula is C12H8Br2O4. The predicted molar refractivity (Wildman–Crippen MR) is 71.8 cm³/mol. The lowest BCUT2D eigenvalue weighted by atomic mass is 10.2. The average molecular weight is 376 g/mol. The Labute approximate surface area is 120 Å². The highest BCUT2D eigenvalue weighted by Crippen LogP contribution is 2.27. The molecular weight excluding hydrogens is 368 g/mol. The molecule has 0 bridgehead atoms. The van der Waals surface area contributed by atoms with Gasteiger partial charge in [-0.05, 0) is 62.2 Å². The van der Waals surface area contributed by atoms with Gasteiger partial charge in [0.05, 0.1) is 10.0 Å². The van der Waals surface area contributed by atoms with Crippen molar-refractivity contribution in [3.8, 4) is 5.75 Å². The number of rotatable bonds is 4. The summed E-state index contributed by atoms with van der Waals surface area (Å²) in [6.07, 6.45) is 0. The molecule has 6 heteroatoms. The van der Waals surface area contributed by atoms with Crippen LogP contribution < -0.4 is 4.74 Å². The smallest absolute Gasteiger partial charge is 0.335 e. The molecule has 1 aromatic carbocycles. The second-order valence-electron chi connectivity index (χ2n) is 3.44. The summed E-state index contributed by atoms with van der Waals surface area (Å²) in [6, 6.07) is 8.14. The van der Waals surface area contributed by atoms with Crippen molar-refractivity contribution < 1.29 is 19.1 Å². The van der Waals surface area contributed by atoms with E-state index in [4.69, 9.17) is 14.3 Å². The predicted octanol–water partition coefficient (Wildman–Crippen LogP) is 4.08. The number of ether oxygens (including phenoxy) is 1. The molecule has 0 aliphatic heterocycles. The lowest BCUT2D eigenvalue weighted by Crippen LogP contribution is -1.99. The van der Waals surface area contributed by atoms with Crippen LogP contribution in [-0.4, -0.2) is 11.1 Å². The topological polar surface area (TPSA) is 59.7 Å². The first-order chi connectivity index (χ1) is 8.56. The number of aromatic carboxylic acids is 1. The van der Waals surface area contributed by atoms with Crippen molar-refractivity contribution in [2.75, 3.05) is 0 Å². The van der Waals surface area contributed by atoms with Gasteiger partial charge >= 0.3 is 5.97 Å². The highest BCUT2D eigenvalue weighted by Gasteiger charge is 2.09. The van der Waals surface area contributed by atoms with Crippen LogP contribution in [0.5, 0.6) is 5.75 Å². The van der Waals surface area contributed by atoms with Gasteiger partial charge < -0.3 is 14.3 Å². The minimum Gasteiger partial charge on any atom is -0.484 e. The van der Waals surface area contributed by atoms with Gasteiger partial charge in [-0.25, -0.2) is 4.79 Å². The molecule has 0 saturated carbocycles. The highest BCUT2D eigenvalue weighted by atomic mass is 79.9. The van der Waals surface area contributed by atoms with E-state index in [1.54, 1.807) is 18.2 Å². The lowest BCUT2D eigenvalue weighted by molar-refractivity contribution is 0.0696. The van der Waals surface area contributed by atoms with E-state index in [9.17, 15) is 4.79 Å². The molecule has 0 fully saturated rings. The van der Waals surface area contributed by atoms with Crippen LogP contribution >= 0.6 is 31.9 Å². The van der Waals surface area contributed by atoms with Gasteiger partial charge in [-0.3, -0.25) is 0 Å². The van der Waals surface area contributed by atoms with Crippen LogP contribution in [0.4, 0.5) is 0 Å². The van der Waals surface area contributed by atoms with Gasteiger partial charge in [-0.15, -0.1) is 0 Å². The molecule has 94 valence electrons. The maximum Gasteiger partial charge on any atom is 0.335 e. The Hall–Kier alpha value is -1.27. The third kappa shape index (κ3) is 3.14. The van der Waals surface area contributed by atoms with Crippen LogP contribution in [0.3, 0.4) is 0 Å². The Morgan fingerprint density at radius 1 is 1.28 bits per heavy atom. The molecule has 0 aliphatic carbocycles. The SMILES string of the molecule is O=C(O)c1ccc(Br)c(OCc2ccc(Br)o2)c1. The zero-order chi connectivity index (χ0) is 13.1. The molecule has 0 amide bonds. The third-order valence-corrected chi connectivity index (χ3v) is 3.26. The van der Waals surface area contributed by atoms with Crippen molar-refractivity contribution in [3.63, 3.8) is 0 Å². The number of carbonyl (C=O) groups is 1. The Balaban J connectivity index is 2.13. The van der Waals surface area contributed by atoms with Gasteiger partial charge in [0.25, 0.3) is 0 Å². The van der Waals surface area contributed by atoms with E-state index < -0.39 is 5.97 Å². The van der Waals surface area contributed by atoms with Crippen LogP contribution in [0, 0.1) is 0 Å². The maximum absolute atomic E-state index is 10.8. The molecule has 1 aromatic heterocycles. The van der Waals surface area contributed by atoms with Gasteiger partial charge in [0, 0.05) is 0 Å². The summed E-state index contributed by atoms with van der Waals surface area (Å²) in [7, 11) is 0. The Morgan fingerprint density at radius 3 is 2.67 bits per heavy atom. The van der Waals surface area contributed by atoms with Crippen molar-refractivity contribution in [1.82, 2.24) is 0 Å². The Kier molecular flexibility index (Phi) is 4.08. The van der Waals surface area contributed by atoms with Crippen LogP contribution in [-0.2, 0) is 6.61 Å². The van der Waals surface area contributed by atoms with E-state index in [2.05, 4.69) is 31.9 Å². The molecule has 2 rings (SSSR count). The van der Waals surface area contributed by atoms with Crippen molar-refractivity contribution in [2.24, 2.45) is 0 Å². The van der Waals surface area contributed by atoms with Gasteiger partial charge in [-0.2, -0.15) is 0 Å². The van der Waals surface area contributed by atoms with Crippen LogP contribution in [0.25, 0.3) is 0 Å². The summed E-state index contributed by atoms with van der Waals surface area (Å²) in [5.41, 5.74) is 0.175. The van der Waals surface area contributed by atoms with Gasteiger partial charge in [-0.1, -0.05) is 0 Å². The fourth-order valence-electron chi connectivity index (χ4n) is 1.33. The van der Waals surface area contributed by atoms with E-state index in [0.717, 1.165) is 0 Å². The first-order valence-electron chi connectivity index (χ1n) is 4.96. The molecule has 4 nitrogen and oxygen atoms in total. The van der Waals surface area contributed by atoms with Crippen LogP contribution in [0.15, 0.2) is 43.9 Å². The maximum atomic E-state index is 10.8. The second kappa shape index (κ2) is 5.58. The molecule has 0 spiro atoms. The Bertz CT molecular complexity index is 577. The number of halogens is 2. The Morgan fingerprint density at radius 2 is 2.06 bits per heavy atom. The molecule has 0 aliphatic rings. The van der Waals surface area contributed by atoms with E-state index in [1.165, 1.54) is 12.1 Å². The molecule has 0 unspecified atom stereocenters. The number of hydrogen-bond acceptors (Lipinski definition) is 3. The molecule has 18 heavy (non-hydrogen) atoms. The third-order valence-electron chi connectivity index (χ3n) is 2.18. The van der Waals surface area contributed by atoms with Crippen molar-refractivity contribution in [1.29, 1.82) is 0 Å². The molecule has 0 atom stereocenters. The average Bonchev–Trinajstić information content (AvgIpc) is 2.74. The lowest BCUT2D eigenvalue weighted by Gasteiger charge is -2.07. The molecule has 0 saturated heterocycles. The van der Waals surface area contributed by atoms with Crippen molar-refractivity contribution >= 4 is 37.8 Å². The number of furan rings is 1. The summed E-state index contributed by atoms with van der Waals surface area (Å²) in [6.45, 7) is 0.229. The minimum absolute atomic E-state index is 0.175. The molecule has 0 radical (unpaired) electrons. The fraction of sp³-hybridized carbons (Fsp3) is 0.0833. The first-order valence-corrected chi connectivity index (χ1v) is 6.55. The van der Waals surface area contributed by atoms with E-state index in [1.807, 2.05) is 0 Å². The largest absolute Gasteiger partial charge is 0.484 e. The number of hydrogen-bond donors (Lipinski definition) is 1. The molecule has 1 heterocycles. The van der Waals surface area contributed by atoms with Crippen LogP contribution in [0.2, 0.25) is 0 Å². The van der Waals surface area contributed by atoms with E-state index >= 15 is 0 Å². The summed E-state index contributed by atoms with van der Waals surface area (Å²) < 4.78 is 12.1.